The van der Waals surface area contributed by atoms with Gasteiger partial charge in [0.25, 0.3) is 0 Å². The molecule has 2 aromatic heterocycles. The number of fused-ring (bicyclic) bond motifs is 2. The lowest BCUT2D eigenvalue weighted by Crippen LogP contribution is -2.39. The largest absolute Gasteiger partial charge is 0.464 e. The molecular weight excluding hydrogens is 637 g/mol. The highest BCUT2D eigenvalue weighted by atomic mass is 31.2. The molecule has 0 aliphatic carbocycles. The Labute approximate surface area is 282 Å². The highest BCUT2D eigenvalue weighted by Gasteiger charge is 2.62. The molecule has 1 aromatic carbocycles. The maximum absolute atomic E-state index is 14.5. The first-order chi connectivity index (χ1) is 22.3. The van der Waals surface area contributed by atoms with E-state index in [1.165, 1.54) is 6.33 Å². The zero-order chi connectivity index (χ0) is 35.3. The first kappa shape index (κ1) is 36.2. The summed E-state index contributed by atoms with van der Waals surface area (Å²) in [4.78, 5) is 17.1. The average molecular weight is 688 g/mol. The van der Waals surface area contributed by atoms with Crippen LogP contribution in [0.4, 0.5) is 5.82 Å². The second-order valence-corrected chi connectivity index (χ2v) is 16.8. The predicted octanol–water partition coefficient (Wildman–Crippen LogP) is 5.90. The lowest BCUT2D eigenvalue weighted by atomic mass is 9.87. The summed E-state index contributed by atoms with van der Waals surface area (Å²) in [6.45, 7) is 19.4. The number of nitrogens with two attached hydrogens (primary N) is 1. The van der Waals surface area contributed by atoms with E-state index in [2.05, 4.69) is 35.9 Å². The molecule has 0 amide bonds. The van der Waals surface area contributed by atoms with E-state index in [1.807, 2.05) is 65.8 Å². The number of hydrogen-bond acceptors (Lipinski definition) is 11. The predicted molar refractivity (Wildman–Crippen MR) is 180 cm³/mol. The van der Waals surface area contributed by atoms with Gasteiger partial charge in [0.2, 0.25) is 0 Å². The van der Waals surface area contributed by atoms with Gasteiger partial charge < -0.3 is 29.2 Å². The van der Waals surface area contributed by atoms with Crippen LogP contribution in [0.5, 0.6) is 5.75 Å². The van der Waals surface area contributed by atoms with Gasteiger partial charge in [0, 0.05) is 0 Å². The minimum Gasteiger partial charge on any atom is -0.464 e. The highest BCUT2D eigenvalue weighted by molar-refractivity contribution is 7.52. The number of nitrogen functional groups attached to an aromatic ring is 1. The van der Waals surface area contributed by atoms with Crippen LogP contribution in [-0.2, 0) is 43.8 Å². The number of carbonyl (C=O) groups excluding carboxylic acids is 1. The number of esters is 1. The van der Waals surface area contributed by atoms with E-state index in [-0.39, 0.29) is 24.0 Å². The van der Waals surface area contributed by atoms with Crippen LogP contribution < -0.4 is 15.3 Å². The normalized spacial score (nSPS) is 25.8. The molecule has 4 heterocycles. The van der Waals surface area contributed by atoms with E-state index in [9.17, 15) is 9.36 Å². The smallest absolute Gasteiger partial charge is 0.459 e. The summed E-state index contributed by atoms with van der Waals surface area (Å²) in [6, 6.07) is 9.94. The Kier molecular flexibility index (Phi) is 9.81. The number of rotatable bonds is 12. The Morgan fingerprint density at radius 1 is 1.08 bits per heavy atom. The van der Waals surface area contributed by atoms with Crippen molar-refractivity contribution in [3.63, 3.8) is 0 Å². The molecule has 3 aromatic rings. The van der Waals surface area contributed by atoms with Gasteiger partial charge in [-0.1, -0.05) is 53.7 Å². The number of aromatic nitrogens is 3. The van der Waals surface area contributed by atoms with Gasteiger partial charge in [0.15, 0.2) is 11.6 Å². The summed E-state index contributed by atoms with van der Waals surface area (Å²) in [5.41, 5.74) is 7.12. The Morgan fingerprint density at radius 2 is 1.77 bits per heavy atom. The van der Waals surface area contributed by atoms with E-state index >= 15 is 0 Å². The molecule has 264 valence electrons. The minimum absolute atomic E-state index is 0.0925. The number of nitrogens with zero attached hydrogens (tertiary/aromatic N) is 3. The van der Waals surface area contributed by atoms with Crippen LogP contribution >= 0.6 is 7.75 Å². The van der Waals surface area contributed by atoms with Crippen molar-refractivity contribution in [2.45, 2.75) is 117 Å². The number of carbonyl (C=O) groups is 1. The minimum atomic E-state index is -4.22. The molecule has 0 saturated carbocycles. The fourth-order valence-electron chi connectivity index (χ4n) is 5.80. The molecule has 6 atom stereocenters. The molecule has 2 saturated heterocycles. The summed E-state index contributed by atoms with van der Waals surface area (Å²) in [7, 11) is -4.22. The molecule has 0 radical (unpaired) electrons. The Morgan fingerprint density at radius 3 is 2.42 bits per heavy atom. The van der Waals surface area contributed by atoms with Crippen LogP contribution in [0.3, 0.4) is 0 Å². The van der Waals surface area contributed by atoms with Gasteiger partial charge in [-0.05, 0) is 74.8 Å². The summed E-state index contributed by atoms with van der Waals surface area (Å²) >= 11 is 0. The van der Waals surface area contributed by atoms with Crippen molar-refractivity contribution >= 4 is 25.1 Å². The fraction of sp³-hybridized carbons (Fsp3) is 0.618. The van der Waals surface area contributed by atoms with Crippen LogP contribution in [0.15, 0.2) is 42.7 Å². The number of ether oxygens (including phenoxy) is 4. The molecule has 0 bridgehead atoms. The molecule has 14 heteroatoms. The standard InChI is InChI=1S/C34H50N5O8P/c1-11-32(6,7)19-42-30(40)21(2)38-48(41,47-23-14-12-22(13-15-23)31(3,4)5)43-18-25-27-28(46-33(8,9)45-27)34(10,44-25)26-17-16-24-29(35)36-20-37-39(24)26/h12-17,20-21,25,27-28H,11,18-19H2,1-10H3,(H,38,41)(H2,35,36,37)/t21-,25+,27+,28+,34-,48?/m0/s1. The molecule has 2 aliphatic heterocycles. The molecule has 3 N–H and O–H groups in total. The first-order valence-corrected chi connectivity index (χ1v) is 17.9. The van der Waals surface area contributed by atoms with E-state index in [4.69, 9.17) is 33.7 Å². The van der Waals surface area contributed by atoms with Gasteiger partial charge in [0.05, 0.1) is 18.9 Å². The zero-order valence-electron chi connectivity index (χ0n) is 29.6. The molecular formula is C34H50N5O8P. The van der Waals surface area contributed by atoms with Gasteiger partial charge in [-0.3, -0.25) is 9.32 Å². The van der Waals surface area contributed by atoms with Crippen LogP contribution in [0, 0.1) is 5.41 Å². The van der Waals surface area contributed by atoms with E-state index in [0.29, 0.717) is 22.8 Å². The monoisotopic (exact) mass is 687 g/mol. The summed E-state index contributed by atoms with van der Waals surface area (Å²) in [6.07, 6.45) is 0.265. The lowest BCUT2D eigenvalue weighted by Gasteiger charge is -2.31. The Balaban J connectivity index is 1.40. The van der Waals surface area contributed by atoms with Crippen molar-refractivity contribution in [3.05, 3.63) is 54.0 Å². The van der Waals surface area contributed by atoms with Crippen molar-refractivity contribution in [2.75, 3.05) is 18.9 Å². The van der Waals surface area contributed by atoms with Crippen molar-refractivity contribution in [3.8, 4) is 5.75 Å². The van der Waals surface area contributed by atoms with Gasteiger partial charge in [-0.15, -0.1) is 0 Å². The topological polar surface area (TPSA) is 158 Å². The molecule has 1 unspecified atom stereocenters. The van der Waals surface area contributed by atoms with Crippen molar-refractivity contribution < 1.29 is 37.4 Å². The number of nitrogens with one attached hydrogen (secondary N) is 1. The number of anilines is 1. The van der Waals surface area contributed by atoms with Crippen LogP contribution in [0.2, 0.25) is 0 Å². The summed E-state index contributed by atoms with van der Waals surface area (Å²) in [5.74, 6) is -0.881. The average Bonchev–Trinajstić information content (AvgIpc) is 3.66. The number of benzene rings is 1. The Hall–Kier alpha value is -3.06. The van der Waals surface area contributed by atoms with E-state index in [1.54, 1.807) is 23.6 Å². The molecule has 2 aliphatic rings. The molecule has 48 heavy (non-hydrogen) atoms. The molecule has 0 spiro atoms. The molecule has 13 nitrogen and oxygen atoms in total. The first-order valence-electron chi connectivity index (χ1n) is 16.4. The summed E-state index contributed by atoms with van der Waals surface area (Å²) < 4.78 is 53.2. The van der Waals surface area contributed by atoms with E-state index < -0.39 is 49.5 Å². The SMILES string of the molecule is CCC(C)(C)COC(=O)[C@H](C)NP(=O)(OC[C@H]1O[C@@](C)(c2ccc3c(N)ncnn23)[C@@H]2OC(C)(C)O[C@@H]21)Oc1ccc(C(C)(C)C)cc1. The second-order valence-electron chi connectivity index (χ2n) is 15.1. The molecule has 2 fully saturated rings. The van der Waals surface area contributed by atoms with Crippen LogP contribution in [0.25, 0.3) is 5.52 Å². The Bertz CT molecular complexity index is 1670. The fourth-order valence-corrected chi connectivity index (χ4v) is 7.30. The van der Waals surface area contributed by atoms with Gasteiger partial charge in [0.1, 0.15) is 47.5 Å². The third-order valence-electron chi connectivity index (χ3n) is 9.05. The lowest BCUT2D eigenvalue weighted by molar-refractivity contribution is -0.211. The van der Waals surface area contributed by atoms with Crippen molar-refractivity contribution in [1.29, 1.82) is 0 Å². The quantitative estimate of drug-likeness (QED) is 0.172. The second kappa shape index (κ2) is 13.0. The van der Waals surface area contributed by atoms with Gasteiger partial charge in [-0.25, -0.2) is 14.1 Å². The van der Waals surface area contributed by atoms with E-state index in [0.717, 1.165) is 12.0 Å². The van der Waals surface area contributed by atoms with Crippen LogP contribution in [-0.4, -0.2) is 63.9 Å². The molecule has 5 rings (SSSR count). The van der Waals surface area contributed by atoms with Crippen molar-refractivity contribution in [2.24, 2.45) is 5.41 Å². The zero-order valence-corrected chi connectivity index (χ0v) is 30.5. The van der Waals surface area contributed by atoms with Crippen molar-refractivity contribution in [1.82, 2.24) is 19.7 Å². The number of hydrogen-bond donors (Lipinski definition) is 2. The third kappa shape index (κ3) is 7.56. The van der Waals surface area contributed by atoms with Gasteiger partial charge in [-0.2, -0.15) is 10.2 Å². The van der Waals surface area contributed by atoms with Gasteiger partial charge >= 0.3 is 13.7 Å². The third-order valence-corrected chi connectivity index (χ3v) is 10.7. The maximum Gasteiger partial charge on any atom is 0.459 e. The summed E-state index contributed by atoms with van der Waals surface area (Å²) in [5, 5.41) is 7.20. The highest BCUT2D eigenvalue weighted by Crippen LogP contribution is 2.51. The van der Waals surface area contributed by atoms with Crippen LogP contribution in [0.1, 0.15) is 86.9 Å². The maximum atomic E-state index is 14.5.